The molecule has 2 nitrogen and oxygen atoms in total. The first-order chi connectivity index (χ1) is 4.13. The van der Waals surface area contributed by atoms with Crippen molar-refractivity contribution in [1.29, 1.82) is 0 Å². The minimum Gasteiger partial charge on any atom is -0.298 e. The monoisotopic (exact) mass is 128 g/mol. The first-order valence-electron chi connectivity index (χ1n) is 3.61. The van der Waals surface area contributed by atoms with Crippen molar-refractivity contribution >= 4 is 0 Å². The molecule has 0 bridgehead atoms. The van der Waals surface area contributed by atoms with Crippen LogP contribution in [0.4, 0.5) is 0 Å². The molecule has 0 amide bonds. The lowest BCUT2D eigenvalue weighted by atomic mass is 10.2. The smallest absolute Gasteiger partial charge is 0.0570 e. The molecule has 0 aromatic heterocycles. The van der Waals surface area contributed by atoms with Crippen molar-refractivity contribution in [1.82, 2.24) is 10.2 Å². The molecular formula is C7H16N2. The second kappa shape index (κ2) is 2.27. The zero-order valence-corrected chi connectivity index (χ0v) is 6.68. The molecule has 1 heterocycles. The number of rotatable bonds is 0. The predicted octanol–water partition coefficient (Wildman–Crippen LogP) is 0.644. The predicted molar refractivity (Wildman–Crippen MR) is 39.3 cm³/mol. The molecule has 3 unspecified atom stereocenters. The number of nitrogens with zero attached hydrogens (tertiary/aromatic N) is 1. The Bertz CT molecular complexity index is 91.1. The zero-order valence-electron chi connectivity index (χ0n) is 6.68. The Hall–Kier alpha value is -0.0800. The summed E-state index contributed by atoms with van der Waals surface area (Å²) >= 11 is 0. The summed E-state index contributed by atoms with van der Waals surface area (Å²) in [7, 11) is 2.16. The summed E-state index contributed by atoms with van der Waals surface area (Å²) in [5, 5.41) is 3.44. The topological polar surface area (TPSA) is 15.3 Å². The van der Waals surface area contributed by atoms with Gasteiger partial charge >= 0.3 is 0 Å². The summed E-state index contributed by atoms with van der Waals surface area (Å²) in [5.41, 5.74) is 0. The van der Waals surface area contributed by atoms with Gasteiger partial charge in [-0.15, -0.1) is 0 Å². The van der Waals surface area contributed by atoms with E-state index in [0.717, 1.165) is 0 Å². The van der Waals surface area contributed by atoms with Gasteiger partial charge < -0.3 is 0 Å². The molecule has 0 aromatic carbocycles. The van der Waals surface area contributed by atoms with Crippen LogP contribution in [0.5, 0.6) is 0 Å². The maximum absolute atomic E-state index is 3.44. The molecule has 0 spiro atoms. The Kier molecular flexibility index (Phi) is 1.78. The van der Waals surface area contributed by atoms with Gasteiger partial charge in [-0.1, -0.05) is 0 Å². The summed E-state index contributed by atoms with van der Waals surface area (Å²) in [6.07, 6.45) is 0.551. The van der Waals surface area contributed by atoms with E-state index in [1.54, 1.807) is 0 Å². The van der Waals surface area contributed by atoms with Crippen molar-refractivity contribution in [2.24, 2.45) is 0 Å². The summed E-state index contributed by atoms with van der Waals surface area (Å²) in [6.45, 7) is 6.67. The standard InChI is InChI=1S/C7H16N2/c1-5-6(2)9(4)7(3)8-5/h5-8H,1-4H3. The molecule has 0 radical (unpaired) electrons. The van der Waals surface area contributed by atoms with Crippen molar-refractivity contribution in [3.8, 4) is 0 Å². The van der Waals surface area contributed by atoms with E-state index < -0.39 is 0 Å². The third-order valence-electron chi connectivity index (χ3n) is 2.48. The highest BCUT2D eigenvalue weighted by Crippen LogP contribution is 2.12. The fraction of sp³-hybridized carbons (Fsp3) is 1.00. The van der Waals surface area contributed by atoms with Crippen molar-refractivity contribution in [3.05, 3.63) is 0 Å². The quantitative estimate of drug-likeness (QED) is 0.515. The van der Waals surface area contributed by atoms with Crippen LogP contribution in [0, 0.1) is 0 Å². The molecular weight excluding hydrogens is 112 g/mol. The second-order valence-electron chi connectivity index (χ2n) is 3.04. The van der Waals surface area contributed by atoms with Gasteiger partial charge in [0.25, 0.3) is 0 Å². The number of hydrogen-bond acceptors (Lipinski definition) is 2. The average molecular weight is 128 g/mol. The second-order valence-corrected chi connectivity index (χ2v) is 3.04. The molecule has 1 aliphatic rings. The molecule has 0 saturated carbocycles. The summed E-state index contributed by atoms with van der Waals surface area (Å²) in [6, 6.07) is 1.32. The van der Waals surface area contributed by atoms with Gasteiger partial charge in [0.2, 0.25) is 0 Å². The maximum atomic E-state index is 3.44. The normalized spacial score (nSPS) is 46.0. The molecule has 1 fully saturated rings. The SMILES string of the molecule is CC1NC(C)N(C)C1C. The highest BCUT2D eigenvalue weighted by atomic mass is 15.3. The highest BCUT2D eigenvalue weighted by Gasteiger charge is 2.28. The van der Waals surface area contributed by atoms with Crippen molar-refractivity contribution in [3.63, 3.8) is 0 Å². The molecule has 2 heteroatoms. The van der Waals surface area contributed by atoms with Gasteiger partial charge in [-0.25, -0.2) is 0 Å². The van der Waals surface area contributed by atoms with E-state index in [-0.39, 0.29) is 0 Å². The van der Waals surface area contributed by atoms with E-state index in [1.807, 2.05) is 0 Å². The van der Waals surface area contributed by atoms with Gasteiger partial charge in [-0.05, 0) is 27.8 Å². The van der Waals surface area contributed by atoms with E-state index >= 15 is 0 Å². The molecule has 1 saturated heterocycles. The van der Waals surface area contributed by atoms with E-state index in [4.69, 9.17) is 0 Å². The maximum Gasteiger partial charge on any atom is 0.0570 e. The largest absolute Gasteiger partial charge is 0.298 e. The molecule has 9 heavy (non-hydrogen) atoms. The van der Waals surface area contributed by atoms with Crippen LogP contribution in [-0.4, -0.2) is 30.2 Å². The van der Waals surface area contributed by atoms with Crippen LogP contribution >= 0.6 is 0 Å². The Balaban J connectivity index is 2.54. The molecule has 54 valence electrons. The first kappa shape index (κ1) is 7.03. The van der Waals surface area contributed by atoms with Gasteiger partial charge in [0.1, 0.15) is 0 Å². The zero-order chi connectivity index (χ0) is 7.02. The lowest BCUT2D eigenvalue weighted by Crippen LogP contribution is -2.31. The van der Waals surface area contributed by atoms with E-state index in [9.17, 15) is 0 Å². The molecule has 1 rings (SSSR count). The van der Waals surface area contributed by atoms with Gasteiger partial charge in [-0.3, -0.25) is 10.2 Å². The summed E-state index contributed by atoms with van der Waals surface area (Å²) in [4.78, 5) is 2.35. The van der Waals surface area contributed by atoms with Crippen LogP contribution in [0.15, 0.2) is 0 Å². The van der Waals surface area contributed by atoms with Crippen LogP contribution in [0.2, 0.25) is 0 Å². The Morgan fingerprint density at radius 1 is 1.22 bits per heavy atom. The molecule has 0 aliphatic carbocycles. The molecule has 1 N–H and O–H groups in total. The lowest BCUT2D eigenvalue weighted by molar-refractivity contribution is 0.258. The van der Waals surface area contributed by atoms with Gasteiger partial charge in [0, 0.05) is 12.1 Å². The third-order valence-corrected chi connectivity index (χ3v) is 2.48. The van der Waals surface area contributed by atoms with Crippen LogP contribution in [0.1, 0.15) is 20.8 Å². The van der Waals surface area contributed by atoms with Crippen molar-refractivity contribution in [2.75, 3.05) is 7.05 Å². The van der Waals surface area contributed by atoms with Crippen LogP contribution in [0.25, 0.3) is 0 Å². The molecule has 1 aliphatic heterocycles. The van der Waals surface area contributed by atoms with E-state index in [0.29, 0.717) is 18.2 Å². The fourth-order valence-electron chi connectivity index (χ4n) is 1.34. The first-order valence-corrected chi connectivity index (χ1v) is 3.61. The third kappa shape index (κ3) is 1.10. The van der Waals surface area contributed by atoms with Gasteiger partial charge in [0.15, 0.2) is 0 Å². The van der Waals surface area contributed by atoms with Gasteiger partial charge in [0.05, 0.1) is 6.17 Å². The van der Waals surface area contributed by atoms with E-state index in [2.05, 4.69) is 38.0 Å². The minimum absolute atomic E-state index is 0.551. The highest BCUT2D eigenvalue weighted by molar-refractivity contribution is 4.86. The van der Waals surface area contributed by atoms with Crippen LogP contribution in [0.3, 0.4) is 0 Å². The average Bonchev–Trinajstić information content (AvgIpc) is 1.98. The fourth-order valence-corrected chi connectivity index (χ4v) is 1.34. The van der Waals surface area contributed by atoms with Gasteiger partial charge in [-0.2, -0.15) is 0 Å². The lowest BCUT2D eigenvalue weighted by Gasteiger charge is -2.18. The van der Waals surface area contributed by atoms with Crippen molar-refractivity contribution < 1.29 is 0 Å². The molecule has 3 atom stereocenters. The summed E-state index contributed by atoms with van der Waals surface area (Å²) < 4.78 is 0. The van der Waals surface area contributed by atoms with Crippen LogP contribution < -0.4 is 5.32 Å². The van der Waals surface area contributed by atoms with E-state index in [1.165, 1.54) is 0 Å². The van der Waals surface area contributed by atoms with Crippen molar-refractivity contribution in [2.45, 2.75) is 39.0 Å². The Morgan fingerprint density at radius 3 is 1.89 bits per heavy atom. The number of likely N-dealkylation sites (N-methyl/N-ethyl adjacent to an activating group) is 1. The minimum atomic E-state index is 0.551. The summed E-state index contributed by atoms with van der Waals surface area (Å²) in [5.74, 6) is 0. The Morgan fingerprint density at radius 2 is 1.78 bits per heavy atom. The number of hydrogen-bond donors (Lipinski definition) is 1. The Labute approximate surface area is 57.2 Å². The molecule has 0 aromatic rings. The number of nitrogens with one attached hydrogen (secondary N) is 1. The van der Waals surface area contributed by atoms with Crippen LogP contribution in [-0.2, 0) is 0 Å².